The van der Waals surface area contributed by atoms with Gasteiger partial charge in [0.1, 0.15) is 0 Å². The molecule has 0 amide bonds. The predicted molar refractivity (Wildman–Crippen MR) is 105 cm³/mol. The molecule has 0 heterocycles. The van der Waals surface area contributed by atoms with E-state index in [-0.39, 0.29) is 0 Å². The van der Waals surface area contributed by atoms with Gasteiger partial charge in [-0.2, -0.15) is 0 Å². The molecule has 0 saturated carbocycles. The first-order valence-electron chi connectivity index (χ1n) is 10.5. The lowest BCUT2D eigenvalue weighted by Crippen LogP contribution is -2.39. The fourth-order valence-corrected chi connectivity index (χ4v) is 5.47. The van der Waals surface area contributed by atoms with Crippen LogP contribution in [0.15, 0.2) is 0 Å². The Hall–Kier alpha value is 0.137. The molecule has 0 aromatic heterocycles. The molecule has 0 aromatic rings. The molecule has 0 unspecified atom stereocenters. The van der Waals surface area contributed by atoms with E-state index in [9.17, 15) is 0 Å². The van der Waals surface area contributed by atoms with E-state index >= 15 is 0 Å². The third kappa shape index (κ3) is 15.4. The molecule has 0 saturated heterocycles. The minimum absolute atomic E-state index is 0.866. The molecule has 23 heavy (non-hydrogen) atoms. The van der Waals surface area contributed by atoms with Gasteiger partial charge in [-0.1, -0.05) is 91.4 Å². The van der Waals surface area contributed by atoms with Crippen LogP contribution in [0.2, 0.25) is 12.6 Å². The summed E-state index contributed by atoms with van der Waals surface area (Å²) in [7, 11) is -1.89. The van der Waals surface area contributed by atoms with Crippen molar-refractivity contribution >= 4 is 8.56 Å². The van der Waals surface area contributed by atoms with E-state index in [0.29, 0.717) is 0 Å². The lowest BCUT2D eigenvalue weighted by molar-refractivity contribution is 0.172. The fourth-order valence-electron chi connectivity index (χ4n) is 2.93. The molecule has 0 radical (unpaired) electrons. The van der Waals surface area contributed by atoms with Gasteiger partial charge < -0.3 is 8.85 Å². The second-order valence-corrected chi connectivity index (χ2v) is 10.5. The summed E-state index contributed by atoms with van der Waals surface area (Å²) in [5, 5.41) is 0. The van der Waals surface area contributed by atoms with Crippen molar-refractivity contribution in [2.24, 2.45) is 0 Å². The van der Waals surface area contributed by atoms with E-state index in [1.165, 1.54) is 76.7 Å². The van der Waals surface area contributed by atoms with E-state index in [2.05, 4.69) is 27.3 Å². The van der Waals surface area contributed by atoms with Gasteiger partial charge in [0.25, 0.3) is 0 Å². The van der Waals surface area contributed by atoms with Crippen molar-refractivity contribution in [3.63, 3.8) is 0 Å². The molecule has 3 heteroatoms. The Bertz CT molecular complexity index is 226. The monoisotopic (exact) mass is 344 g/mol. The lowest BCUT2D eigenvalue weighted by atomic mass is 10.1. The third-order valence-electron chi connectivity index (χ3n) is 4.46. The van der Waals surface area contributed by atoms with Crippen LogP contribution in [0.25, 0.3) is 0 Å². The maximum Gasteiger partial charge on any atom is 0.334 e. The quantitative estimate of drug-likeness (QED) is 0.193. The Balaban J connectivity index is 3.54. The molecular formula is C20H44O2Si. The fraction of sp³-hybridized carbons (Fsp3) is 1.00. The third-order valence-corrected chi connectivity index (χ3v) is 7.35. The maximum absolute atomic E-state index is 6.09. The average molecular weight is 345 g/mol. The Morgan fingerprint density at radius 2 is 0.913 bits per heavy atom. The zero-order chi connectivity index (χ0) is 17.2. The maximum atomic E-state index is 6.09. The van der Waals surface area contributed by atoms with Gasteiger partial charge in [-0.3, -0.25) is 0 Å². The zero-order valence-corrected chi connectivity index (χ0v) is 17.6. The molecule has 0 aliphatic rings. The van der Waals surface area contributed by atoms with Crippen LogP contribution in [-0.2, 0) is 8.85 Å². The average Bonchev–Trinajstić information content (AvgIpc) is 2.56. The van der Waals surface area contributed by atoms with Crippen LogP contribution in [0.5, 0.6) is 0 Å². The highest BCUT2D eigenvalue weighted by Gasteiger charge is 2.30. The Kier molecular flexibility index (Phi) is 17.1. The van der Waals surface area contributed by atoms with E-state index < -0.39 is 8.56 Å². The predicted octanol–water partition coefficient (Wildman–Crippen LogP) is 7.22. The van der Waals surface area contributed by atoms with Crippen LogP contribution < -0.4 is 0 Å². The standard InChI is InChI=1S/C20H44O2Si/c1-5-8-9-10-11-12-13-14-15-16-17-20-23(4,21-18-6-2)22-19-7-3/h5-20H2,1-4H3. The van der Waals surface area contributed by atoms with Gasteiger partial charge in [-0.15, -0.1) is 0 Å². The number of hydrogen-bond acceptors (Lipinski definition) is 2. The topological polar surface area (TPSA) is 18.5 Å². The summed E-state index contributed by atoms with van der Waals surface area (Å²) in [5.74, 6) is 0. The molecule has 2 nitrogen and oxygen atoms in total. The Morgan fingerprint density at radius 3 is 1.30 bits per heavy atom. The van der Waals surface area contributed by atoms with E-state index in [4.69, 9.17) is 8.85 Å². The van der Waals surface area contributed by atoms with Crippen molar-refractivity contribution < 1.29 is 8.85 Å². The van der Waals surface area contributed by atoms with E-state index in [1.807, 2.05) is 0 Å². The van der Waals surface area contributed by atoms with Gasteiger partial charge in [0.05, 0.1) is 0 Å². The van der Waals surface area contributed by atoms with Crippen molar-refractivity contribution in [1.29, 1.82) is 0 Å². The summed E-state index contributed by atoms with van der Waals surface area (Å²) in [6.45, 7) is 10.6. The van der Waals surface area contributed by atoms with Gasteiger partial charge in [-0.25, -0.2) is 0 Å². The second-order valence-electron chi connectivity index (χ2n) is 7.12. The summed E-state index contributed by atoms with van der Waals surface area (Å²) in [5.41, 5.74) is 0. The molecule has 0 bridgehead atoms. The van der Waals surface area contributed by atoms with Crippen molar-refractivity contribution in [1.82, 2.24) is 0 Å². The summed E-state index contributed by atoms with van der Waals surface area (Å²) >= 11 is 0. The first-order chi connectivity index (χ1) is 11.2. The smallest absolute Gasteiger partial charge is 0.334 e. The number of unbranched alkanes of at least 4 members (excludes halogenated alkanes) is 10. The van der Waals surface area contributed by atoms with E-state index in [1.54, 1.807) is 0 Å². The molecule has 0 spiro atoms. The lowest BCUT2D eigenvalue weighted by Gasteiger charge is -2.27. The number of hydrogen-bond donors (Lipinski definition) is 0. The molecule has 0 aliphatic heterocycles. The number of rotatable bonds is 18. The molecule has 0 aliphatic carbocycles. The molecular weight excluding hydrogens is 300 g/mol. The van der Waals surface area contributed by atoms with Crippen LogP contribution >= 0.6 is 0 Å². The van der Waals surface area contributed by atoms with Crippen molar-refractivity contribution in [3.05, 3.63) is 0 Å². The zero-order valence-electron chi connectivity index (χ0n) is 16.6. The minimum atomic E-state index is -1.89. The highest BCUT2D eigenvalue weighted by Crippen LogP contribution is 2.20. The second kappa shape index (κ2) is 17.0. The van der Waals surface area contributed by atoms with Crippen LogP contribution in [0, 0.1) is 0 Å². The minimum Gasteiger partial charge on any atom is -0.394 e. The van der Waals surface area contributed by atoms with Crippen LogP contribution in [0.3, 0.4) is 0 Å². The Labute approximate surface area is 148 Å². The molecule has 0 N–H and O–H groups in total. The first-order valence-corrected chi connectivity index (χ1v) is 13.0. The SMILES string of the molecule is CCCCCCCCCCCCC[Si](C)(OCCC)OCCC. The summed E-state index contributed by atoms with van der Waals surface area (Å²) in [6.07, 6.45) is 17.6. The van der Waals surface area contributed by atoms with Crippen LogP contribution in [-0.4, -0.2) is 21.8 Å². The largest absolute Gasteiger partial charge is 0.394 e. The van der Waals surface area contributed by atoms with Gasteiger partial charge in [-0.05, 0) is 25.4 Å². The normalized spacial score (nSPS) is 12.0. The van der Waals surface area contributed by atoms with Crippen LogP contribution in [0.4, 0.5) is 0 Å². The van der Waals surface area contributed by atoms with Crippen molar-refractivity contribution in [2.75, 3.05) is 13.2 Å². The van der Waals surface area contributed by atoms with Crippen molar-refractivity contribution in [2.45, 2.75) is 117 Å². The molecule has 0 fully saturated rings. The highest BCUT2D eigenvalue weighted by molar-refractivity contribution is 6.66. The highest BCUT2D eigenvalue weighted by atomic mass is 28.4. The Morgan fingerprint density at radius 1 is 0.522 bits per heavy atom. The summed E-state index contributed by atoms with van der Waals surface area (Å²) in [6, 6.07) is 1.17. The molecule has 0 atom stereocenters. The first kappa shape index (κ1) is 23.1. The van der Waals surface area contributed by atoms with Gasteiger partial charge in [0, 0.05) is 13.2 Å². The molecule has 140 valence electrons. The summed E-state index contributed by atoms with van der Waals surface area (Å²) in [4.78, 5) is 0. The van der Waals surface area contributed by atoms with Crippen LogP contribution in [0.1, 0.15) is 104 Å². The van der Waals surface area contributed by atoms with Gasteiger partial charge >= 0.3 is 8.56 Å². The molecule has 0 rings (SSSR count). The summed E-state index contributed by atoms with van der Waals surface area (Å²) < 4.78 is 12.2. The van der Waals surface area contributed by atoms with E-state index in [0.717, 1.165) is 26.1 Å². The van der Waals surface area contributed by atoms with Crippen molar-refractivity contribution in [3.8, 4) is 0 Å². The van der Waals surface area contributed by atoms with Gasteiger partial charge in [0.2, 0.25) is 0 Å². The van der Waals surface area contributed by atoms with Gasteiger partial charge in [0.15, 0.2) is 0 Å². The molecule has 0 aromatic carbocycles.